The van der Waals surface area contributed by atoms with Crippen LogP contribution in [0.2, 0.25) is 0 Å². The maximum atomic E-state index is 10.3. The molecule has 6 heteroatoms. The molecule has 0 amide bonds. The first kappa shape index (κ1) is 40.9. The van der Waals surface area contributed by atoms with Gasteiger partial charge in [0.25, 0.3) is 0 Å². The fourth-order valence-electron chi connectivity index (χ4n) is 11.0. The Balaban J connectivity index is 1.05. The van der Waals surface area contributed by atoms with Crippen LogP contribution in [-0.2, 0) is 0 Å². The Morgan fingerprint density at radius 1 is 0.375 bits per heavy atom. The van der Waals surface area contributed by atoms with Gasteiger partial charge in [0, 0.05) is 49.3 Å². The summed E-state index contributed by atoms with van der Waals surface area (Å²) in [6.07, 6.45) is 0. The number of hydrogen-bond acceptors (Lipinski definition) is 5. The third-order valence-electron chi connectivity index (χ3n) is 14.2. The highest BCUT2D eigenvalue weighted by molar-refractivity contribution is 6.28. The van der Waals surface area contributed by atoms with E-state index >= 15 is 0 Å². The summed E-state index contributed by atoms with van der Waals surface area (Å²) in [5.41, 5.74) is 14.1. The van der Waals surface area contributed by atoms with Crippen molar-refractivity contribution in [2.24, 2.45) is 0 Å². The summed E-state index contributed by atoms with van der Waals surface area (Å²) in [5, 5.41) is 21.1. The molecule has 0 saturated carbocycles. The molecule has 0 aliphatic heterocycles. The van der Waals surface area contributed by atoms with Crippen LogP contribution in [0.4, 0.5) is 39.8 Å². The van der Waals surface area contributed by atoms with Crippen molar-refractivity contribution in [1.29, 1.82) is 5.26 Å². The zero-order valence-corrected chi connectivity index (χ0v) is 38.5. The fraction of sp³-hybridized carbons (Fsp3) is 0. The molecule has 14 rings (SSSR count). The van der Waals surface area contributed by atoms with Crippen molar-refractivity contribution in [3.05, 3.63) is 248 Å². The van der Waals surface area contributed by atoms with E-state index in [9.17, 15) is 5.26 Å². The minimum Gasteiger partial charge on any atom is -0.456 e. The fourth-order valence-corrected chi connectivity index (χ4v) is 11.0. The predicted octanol–water partition coefficient (Wildman–Crippen LogP) is 19.1. The lowest BCUT2D eigenvalue weighted by Crippen LogP contribution is -2.13. The Hall–Kier alpha value is -10.1. The minimum absolute atomic E-state index is 0.569. The van der Waals surface area contributed by atoms with Crippen LogP contribution in [0.25, 0.3) is 103 Å². The summed E-state index contributed by atoms with van der Waals surface area (Å²) in [6.45, 7) is 8.06. The van der Waals surface area contributed by atoms with Crippen LogP contribution in [-0.4, -0.2) is 0 Å². The SMILES string of the molecule is [C-]#[N+]c1ccc(N(c2ccc3oc4ccccc4c3c2)c2ccc3ccc4c(N(c5ccc6oc7ccccc7c6c5)c5ccc(C#N)cc5-c5ccccc5)ccc5ccc2c3c54)c(-c2ccccc2)c1. The Labute approximate surface area is 413 Å². The quantitative estimate of drug-likeness (QED) is 0.112. The molecule has 14 aromatic rings. The second kappa shape index (κ2) is 16.2. The van der Waals surface area contributed by atoms with Gasteiger partial charge in [0.15, 0.2) is 5.69 Å². The summed E-state index contributed by atoms with van der Waals surface area (Å²) in [4.78, 5) is 8.59. The van der Waals surface area contributed by atoms with Crippen LogP contribution in [0.5, 0.6) is 0 Å². The average molecular weight is 919 g/mol. The second-order valence-corrected chi connectivity index (χ2v) is 18.2. The number of furan rings is 2. The molecule has 72 heavy (non-hydrogen) atoms. The third kappa shape index (κ3) is 6.41. The summed E-state index contributed by atoms with van der Waals surface area (Å²) < 4.78 is 12.7. The zero-order valence-electron chi connectivity index (χ0n) is 38.5. The Morgan fingerprint density at radius 2 is 0.819 bits per heavy atom. The predicted molar refractivity (Wildman–Crippen MR) is 296 cm³/mol. The van der Waals surface area contributed by atoms with E-state index in [4.69, 9.17) is 15.4 Å². The van der Waals surface area contributed by atoms with Crippen molar-refractivity contribution >= 4 is 116 Å². The highest BCUT2D eigenvalue weighted by Crippen LogP contribution is 2.51. The van der Waals surface area contributed by atoms with Gasteiger partial charge < -0.3 is 18.6 Å². The van der Waals surface area contributed by atoms with Crippen molar-refractivity contribution in [3.63, 3.8) is 0 Å². The van der Waals surface area contributed by atoms with Crippen molar-refractivity contribution < 1.29 is 8.83 Å². The molecule has 0 bridgehead atoms. The van der Waals surface area contributed by atoms with E-state index in [0.717, 1.165) is 133 Å². The third-order valence-corrected chi connectivity index (χ3v) is 14.2. The van der Waals surface area contributed by atoms with Crippen molar-refractivity contribution in [3.8, 4) is 28.3 Å². The number of fused-ring (bicyclic) bond motifs is 6. The summed E-state index contributed by atoms with van der Waals surface area (Å²) in [6, 6.07) is 82.2. The number of nitrogens with zero attached hydrogens (tertiary/aromatic N) is 4. The van der Waals surface area contributed by atoms with E-state index in [1.807, 2.05) is 84.9 Å². The Kier molecular flexibility index (Phi) is 9.23. The van der Waals surface area contributed by atoms with Gasteiger partial charge >= 0.3 is 0 Å². The van der Waals surface area contributed by atoms with E-state index in [2.05, 4.69) is 166 Å². The summed E-state index contributed by atoms with van der Waals surface area (Å²) >= 11 is 0. The smallest absolute Gasteiger partial charge is 0.188 e. The molecule has 0 radical (unpaired) electrons. The minimum atomic E-state index is 0.569. The van der Waals surface area contributed by atoms with Gasteiger partial charge in [0.2, 0.25) is 0 Å². The zero-order chi connectivity index (χ0) is 47.9. The van der Waals surface area contributed by atoms with E-state index in [1.165, 1.54) is 0 Å². The number of para-hydroxylation sites is 2. The number of benzene rings is 12. The van der Waals surface area contributed by atoms with Crippen molar-refractivity contribution in [2.75, 3.05) is 9.80 Å². The highest BCUT2D eigenvalue weighted by atomic mass is 16.3. The first-order valence-corrected chi connectivity index (χ1v) is 23.9. The van der Waals surface area contributed by atoms with Crippen LogP contribution in [0, 0.1) is 17.9 Å². The number of anilines is 6. The van der Waals surface area contributed by atoms with Gasteiger partial charge in [-0.1, -0.05) is 140 Å². The molecule has 0 saturated heterocycles. The lowest BCUT2D eigenvalue weighted by molar-refractivity contribution is 0.668. The van der Waals surface area contributed by atoms with Crippen molar-refractivity contribution in [1.82, 2.24) is 0 Å². The molecule has 0 fully saturated rings. The van der Waals surface area contributed by atoms with Gasteiger partial charge in [0.1, 0.15) is 22.3 Å². The molecule has 12 aromatic carbocycles. The number of hydrogen-bond donors (Lipinski definition) is 0. The summed E-state index contributed by atoms with van der Waals surface area (Å²) in [5.74, 6) is 0. The van der Waals surface area contributed by atoms with Crippen LogP contribution in [0.3, 0.4) is 0 Å². The van der Waals surface area contributed by atoms with Gasteiger partial charge in [-0.15, -0.1) is 0 Å². The van der Waals surface area contributed by atoms with Gasteiger partial charge in [0.05, 0.1) is 41.0 Å². The molecule has 6 nitrogen and oxygen atoms in total. The molecule has 0 aliphatic rings. The lowest BCUT2D eigenvalue weighted by atomic mass is 9.91. The maximum Gasteiger partial charge on any atom is 0.188 e. The normalized spacial score (nSPS) is 11.6. The van der Waals surface area contributed by atoms with Gasteiger partial charge in [-0.25, -0.2) is 4.85 Å². The standard InChI is InChI=1S/C66H38N4O2/c1-68-46-25-33-60(54(37-46)43-14-6-3-7-15-43)70(48-27-35-64-56(39-48)50-17-9-11-19-62(50)72-64)58-32-24-45-21-28-51-57(31-23-44-22-29-52(58)66(45)65(44)51)69(47-26-34-63-55(38-47)49-16-8-10-18-61(49)71-63)59-30-20-41(40-67)36-53(59)42-12-4-2-5-13-42/h2-39H. The topological polar surface area (TPSA) is 60.9 Å². The van der Waals surface area contributed by atoms with Crippen LogP contribution >= 0.6 is 0 Å². The van der Waals surface area contributed by atoms with E-state index in [1.54, 1.807) is 0 Å². The molecular weight excluding hydrogens is 881 g/mol. The van der Waals surface area contributed by atoms with Crippen LogP contribution < -0.4 is 9.80 Å². The molecule has 0 unspecified atom stereocenters. The monoisotopic (exact) mass is 918 g/mol. The van der Waals surface area contributed by atoms with Crippen LogP contribution in [0.15, 0.2) is 239 Å². The maximum absolute atomic E-state index is 10.3. The first-order valence-electron chi connectivity index (χ1n) is 23.9. The lowest BCUT2D eigenvalue weighted by Gasteiger charge is -2.31. The Morgan fingerprint density at radius 3 is 1.33 bits per heavy atom. The molecule has 0 aliphatic carbocycles. The summed E-state index contributed by atoms with van der Waals surface area (Å²) in [7, 11) is 0. The largest absolute Gasteiger partial charge is 0.456 e. The van der Waals surface area contributed by atoms with E-state index < -0.39 is 0 Å². The van der Waals surface area contributed by atoms with Gasteiger partial charge in [-0.05, 0) is 129 Å². The molecule has 0 N–H and O–H groups in total. The molecule has 2 aromatic heterocycles. The molecular formula is C66H38N4O2. The van der Waals surface area contributed by atoms with Gasteiger partial charge in [-0.3, -0.25) is 0 Å². The molecule has 0 atom stereocenters. The second-order valence-electron chi connectivity index (χ2n) is 18.2. The Bertz CT molecular complexity index is 4270. The van der Waals surface area contributed by atoms with Crippen molar-refractivity contribution in [2.45, 2.75) is 0 Å². The van der Waals surface area contributed by atoms with E-state index in [-0.39, 0.29) is 0 Å². The highest BCUT2D eigenvalue weighted by Gasteiger charge is 2.26. The number of nitriles is 1. The first-order chi connectivity index (χ1) is 35.6. The van der Waals surface area contributed by atoms with Crippen LogP contribution in [0.1, 0.15) is 5.56 Å². The van der Waals surface area contributed by atoms with E-state index in [0.29, 0.717) is 11.3 Å². The number of rotatable bonds is 8. The average Bonchev–Trinajstić information content (AvgIpc) is 4.02. The van der Waals surface area contributed by atoms with Gasteiger partial charge in [-0.2, -0.15) is 5.26 Å². The molecule has 0 spiro atoms. The molecule has 2 heterocycles. The molecule has 334 valence electrons.